The molecule has 1 aromatic carbocycles. The first-order valence-electron chi connectivity index (χ1n) is 13.4. The normalized spacial score (nSPS) is 16.0. The van der Waals surface area contributed by atoms with Gasteiger partial charge in [-0.2, -0.15) is 27.2 Å². The van der Waals surface area contributed by atoms with Crippen LogP contribution in [0.15, 0.2) is 36.7 Å². The lowest BCUT2D eigenvalue weighted by molar-refractivity contribution is -0.166. The van der Waals surface area contributed by atoms with Gasteiger partial charge in [-0.15, -0.1) is 11.3 Å². The van der Waals surface area contributed by atoms with Crippen LogP contribution in [-0.4, -0.2) is 57.5 Å². The van der Waals surface area contributed by atoms with Crippen molar-refractivity contribution in [2.45, 2.75) is 70.6 Å². The molecule has 13 heteroatoms. The van der Waals surface area contributed by atoms with Crippen molar-refractivity contribution < 1.29 is 26.7 Å². The molecular formula is C28H29F5N6OS. The van der Waals surface area contributed by atoms with Crippen molar-refractivity contribution in [3.63, 3.8) is 0 Å². The third-order valence-corrected chi connectivity index (χ3v) is 8.35. The highest BCUT2D eigenvalue weighted by molar-refractivity contribution is 7.18. The number of nitrogens with zero attached hydrogens (tertiary/aromatic N) is 5. The molecule has 0 amide bonds. The SMILES string of the molecule is CCC(Cn1c(C#N)cc2cc(CN3CCC(Nc4ncnc5sc(CC(F)(F)F)cc45)CC3)ccc21)OC(F)F. The number of fused-ring (bicyclic) bond motifs is 2. The predicted octanol–water partition coefficient (Wildman–Crippen LogP) is 6.72. The first-order valence-corrected chi connectivity index (χ1v) is 14.2. The van der Waals surface area contributed by atoms with Crippen molar-refractivity contribution in [1.29, 1.82) is 5.26 Å². The first-order chi connectivity index (χ1) is 19.6. The van der Waals surface area contributed by atoms with E-state index in [1.54, 1.807) is 17.6 Å². The molecule has 4 heterocycles. The number of anilines is 1. The fourth-order valence-electron chi connectivity index (χ4n) is 5.32. The Morgan fingerprint density at radius 1 is 1.17 bits per heavy atom. The van der Waals surface area contributed by atoms with E-state index in [-0.39, 0.29) is 17.5 Å². The van der Waals surface area contributed by atoms with E-state index in [1.165, 1.54) is 12.4 Å². The summed E-state index contributed by atoms with van der Waals surface area (Å²) < 4.78 is 70.5. The number of nitrogens with one attached hydrogen (secondary N) is 1. The molecule has 0 aliphatic carbocycles. The van der Waals surface area contributed by atoms with E-state index in [2.05, 4.69) is 26.3 Å². The summed E-state index contributed by atoms with van der Waals surface area (Å²) in [6, 6.07) is 11.5. The third kappa shape index (κ3) is 7.12. The summed E-state index contributed by atoms with van der Waals surface area (Å²) in [7, 11) is 0. The van der Waals surface area contributed by atoms with Crippen molar-refractivity contribution in [2.75, 3.05) is 18.4 Å². The average Bonchev–Trinajstić information content (AvgIpc) is 3.48. The number of benzene rings is 1. The van der Waals surface area contributed by atoms with E-state index in [0.717, 1.165) is 53.7 Å². The lowest BCUT2D eigenvalue weighted by Crippen LogP contribution is -2.38. The van der Waals surface area contributed by atoms with Gasteiger partial charge in [0.1, 0.15) is 28.7 Å². The molecule has 218 valence electrons. The van der Waals surface area contributed by atoms with Crippen LogP contribution < -0.4 is 5.32 Å². The Bertz CT molecular complexity index is 1540. The molecule has 1 unspecified atom stereocenters. The summed E-state index contributed by atoms with van der Waals surface area (Å²) in [6.45, 7) is 1.42. The van der Waals surface area contributed by atoms with E-state index in [1.807, 2.05) is 18.2 Å². The van der Waals surface area contributed by atoms with Crippen LogP contribution in [-0.2, 0) is 24.2 Å². The fraction of sp³-hybridized carbons (Fsp3) is 0.464. The lowest BCUT2D eigenvalue weighted by Gasteiger charge is -2.32. The summed E-state index contributed by atoms with van der Waals surface area (Å²) >= 11 is 1.04. The van der Waals surface area contributed by atoms with Gasteiger partial charge in [0.15, 0.2) is 0 Å². The van der Waals surface area contributed by atoms with Crippen molar-refractivity contribution >= 4 is 38.3 Å². The van der Waals surface area contributed by atoms with Gasteiger partial charge in [0.05, 0.1) is 24.5 Å². The van der Waals surface area contributed by atoms with Crippen molar-refractivity contribution in [3.8, 4) is 6.07 Å². The molecule has 1 fully saturated rings. The molecule has 0 saturated carbocycles. The van der Waals surface area contributed by atoms with Crippen LogP contribution in [0.5, 0.6) is 0 Å². The Hall–Kier alpha value is -3.34. The zero-order chi connectivity index (χ0) is 29.1. The summed E-state index contributed by atoms with van der Waals surface area (Å²) in [4.78, 5) is 11.5. The number of piperidine rings is 1. The summed E-state index contributed by atoms with van der Waals surface area (Å²) in [5.41, 5.74) is 2.28. The van der Waals surface area contributed by atoms with E-state index in [9.17, 15) is 27.2 Å². The number of hydrogen-bond acceptors (Lipinski definition) is 7. The molecule has 1 atom stereocenters. The monoisotopic (exact) mass is 592 g/mol. The third-order valence-electron chi connectivity index (χ3n) is 7.31. The predicted molar refractivity (Wildman–Crippen MR) is 147 cm³/mol. The number of hydrogen-bond donors (Lipinski definition) is 1. The van der Waals surface area contributed by atoms with Gasteiger partial charge in [-0.25, -0.2) is 9.97 Å². The van der Waals surface area contributed by atoms with Gasteiger partial charge in [0.2, 0.25) is 0 Å². The van der Waals surface area contributed by atoms with Crippen molar-refractivity contribution in [1.82, 2.24) is 19.4 Å². The zero-order valence-electron chi connectivity index (χ0n) is 22.3. The minimum absolute atomic E-state index is 0.131. The second kappa shape index (κ2) is 12.3. The van der Waals surface area contributed by atoms with Gasteiger partial charge < -0.3 is 14.6 Å². The second-order valence-corrected chi connectivity index (χ2v) is 11.3. The Morgan fingerprint density at radius 2 is 1.95 bits per heavy atom. The number of rotatable bonds is 10. The van der Waals surface area contributed by atoms with Crippen LogP contribution in [0, 0.1) is 11.3 Å². The van der Waals surface area contributed by atoms with Crippen LogP contribution in [0.25, 0.3) is 21.1 Å². The Balaban J connectivity index is 1.21. The van der Waals surface area contributed by atoms with Crippen molar-refractivity contribution in [2.24, 2.45) is 0 Å². The maximum atomic E-state index is 12.9. The lowest BCUT2D eigenvalue weighted by atomic mass is 10.0. The van der Waals surface area contributed by atoms with Crippen LogP contribution in [0.3, 0.4) is 0 Å². The fourth-order valence-corrected chi connectivity index (χ4v) is 6.34. The molecule has 1 aliphatic heterocycles. The van der Waals surface area contributed by atoms with Crippen LogP contribution >= 0.6 is 11.3 Å². The number of alkyl halides is 5. The number of thiophene rings is 1. The molecule has 5 rings (SSSR count). The number of likely N-dealkylation sites (tertiary alicyclic amines) is 1. The molecule has 0 spiro atoms. The minimum Gasteiger partial charge on any atom is -0.367 e. The average molecular weight is 593 g/mol. The standard InChI is InChI=1S/C28H29F5N6OS/c1-2-21(40-27(29)30)15-39-20(13-34)10-18-9-17(3-4-24(18)39)14-38-7-5-19(6-8-38)37-25-23-11-22(12-28(31,32)33)41-26(23)36-16-35-25/h3-4,9-11,16,19,21,27H,2,5-8,12,14-15H2,1H3,(H,35,36,37). The van der Waals surface area contributed by atoms with E-state index < -0.39 is 25.3 Å². The zero-order valence-corrected chi connectivity index (χ0v) is 23.1. The quantitative estimate of drug-likeness (QED) is 0.206. The molecule has 41 heavy (non-hydrogen) atoms. The molecule has 0 bridgehead atoms. The highest BCUT2D eigenvalue weighted by Crippen LogP contribution is 2.33. The molecule has 1 saturated heterocycles. The summed E-state index contributed by atoms with van der Waals surface area (Å²) in [5.74, 6) is 0.561. The van der Waals surface area contributed by atoms with E-state index in [4.69, 9.17) is 4.74 Å². The van der Waals surface area contributed by atoms with Gasteiger partial charge >= 0.3 is 12.8 Å². The maximum absolute atomic E-state index is 12.9. The largest absolute Gasteiger partial charge is 0.393 e. The van der Waals surface area contributed by atoms with Gasteiger partial charge in [0, 0.05) is 41.5 Å². The van der Waals surface area contributed by atoms with Crippen molar-refractivity contribution in [3.05, 3.63) is 52.8 Å². The van der Waals surface area contributed by atoms with Gasteiger partial charge in [-0.05, 0) is 49.1 Å². The molecule has 0 radical (unpaired) electrons. The molecule has 7 nitrogen and oxygen atoms in total. The van der Waals surface area contributed by atoms with Gasteiger partial charge in [-0.1, -0.05) is 13.0 Å². The number of halogens is 5. The highest BCUT2D eigenvalue weighted by atomic mass is 32.1. The minimum atomic E-state index is -4.27. The summed E-state index contributed by atoms with van der Waals surface area (Å²) in [6.07, 6.45) is -2.50. The number of aromatic nitrogens is 3. The number of nitriles is 1. The number of ether oxygens (including phenoxy) is 1. The van der Waals surface area contributed by atoms with Crippen LogP contribution in [0.4, 0.5) is 27.8 Å². The molecule has 1 aliphatic rings. The highest BCUT2D eigenvalue weighted by Gasteiger charge is 2.29. The maximum Gasteiger partial charge on any atom is 0.393 e. The molecular weight excluding hydrogens is 563 g/mol. The Morgan fingerprint density at radius 3 is 2.63 bits per heavy atom. The van der Waals surface area contributed by atoms with Gasteiger partial charge in [-0.3, -0.25) is 4.90 Å². The second-order valence-electron chi connectivity index (χ2n) is 10.2. The smallest absolute Gasteiger partial charge is 0.367 e. The topological polar surface area (TPSA) is 79.0 Å². The Labute approximate surface area is 237 Å². The Kier molecular flexibility index (Phi) is 8.72. The van der Waals surface area contributed by atoms with Gasteiger partial charge in [0.25, 0.3) is 0 Å². The molecule has 1 N–H and O–H groups in total. The molecule has 3 aromatic heterocycles. The molecule has 4 aromatic rings. The van der Waals surface area contributed by atoms with E-state index >= 15 is 0 Å². The van der Waals surface area contributed by atoms with E-state index in [0.29, 0.717) is 34.7 Å². The summed E-state index contributed by atoms with van der Waals surface area (Å²) in [5, 5.41) is 14.5. The first kappa shape index (κ1) is 29.2. The van der Waals surface area contributed by atoms with Crippen LogP contribution in [0.2, 0.25) is 0 Å². The van der Waals surface area contributed by atoms with Crippen LogP contribution in [0.1, 0.15) is 42.3 Å².